The lowest BCUT2D eigenvalue weighted by atomic mass is 10.2. The fraction of sp³-hybridized carbons (Fsp3) is 0.0588. The summed E-state index contributed by atoms with van der Waals surface area (Å²) in [7, 11) is 0. The third-order valence-electron chi connectivity index (χ3n) is 3.03. The summed E-state index contributed by atoms with van der Waals surface area (Å²) in [6.45, 7) is 0. The van der Waals surface area contributed by atoms with Crippen LogP contribution in [0.25, 0.3) is 17.1 Å². The summed E-state index contributed by atoms with van der Waals surface area (Å²) < 4.78 is 3.06. The Morgan fingerprint density at radius 3 is 2.45 bits per heavy atom. The normalized spacial score (nSPS) is 10.4. The van der Waals surface area contributed by atoms with Crippen molar-refractivity contribution in [1.82, 2.24) is 14.8 Å². The Kier molecular flexibility index (Phi) is 4.62. The summed E-state index contributed by atoms with van der Waals surface area (Å²) >= 11 is 4.96. The van der Waals surface area contributed by atoms with Crippen molar-refractivity contribution in [3.8, 4) is 29.4 Å². The molecule has 3 rings (SSSR count). The molecule has 1 aromatic heterocycles. The summed E-state index contributed by atoms with van der Waals surface area (Å²) in [6, 6.07) is 18.1. The summed E-state index contributed by atoms with van der Waals surface area (Å²) in [5.41, 5.74) is 2.03. The smallest absolute Gasteiger partial charge is 0.197 e. The van der Waals surface area contributed by atoms with Crippen LogP contribution in [0.2, 0.25) is 0 Å². The number of nitrogens with zero attached hydrogens (tertiary/aromatic N) is 3. The first-order valence-corrected chi connectivity index (χ1v) is 8.40. The van der Waals surface area contributed by atoms with Crippen molar-refractivity contribution in [2.75, 3.05) is 5.75 Å². The van der Waals surface area contributed by atoms with E-state index in [1.54, 1.807) is 0 Å². The van der Waals surface area contributed by atoms with E-state index in [2.05, 4.69) is 32.0 Å². The molecule has 0 atom stereocenters. The minimum atomic E-state index is 0.561. The highest BCUT2D eigenvalue weighted by atomic mass is 79.9. The summed E-state index contributed by atoms with van der Waals surface area (Å²) in [6.07, 6.45) is 5.37. The maximum absolute atomic E-state index is 5.37. The first-order valence-electron chi connectivity index (χ1n) is 6.62. The Balaban J connectivity index is 2.12. The minimum absolute atomic E-state index is 0.561. The maximum atomic E-state index is 5.37. The van der Waals surface area contributed by atoms with Gasteiger partial charge in [-0.25, -0.2) is 0 Å². The predicted octanol–water partition coefficient (Wildman–Crippen LogP) is 4.42. The molecule has 0 unspecified atom stereocenters. The van der Waals surface area contributed by atoms with E-state index in [1.165, 1.54) is 11.8 Å². The van der Waals surface area contributed by atoms with E-state index in [0.29, 0.717) is 5.75 Å². The largest absolute Gasteiger partial charge is 0.270 e. The van der Waals surface area contributed by atoms with Crippen molar-refractivity contribution < 1.29 is 0 Å². The van der Waals surface area contributed by atoms with Crippen LogP contribution in [0.15, 0.2) is 64.2 Å². The number of hydrogen-bond donors (Lipinski definition) is 0. The van der Waals surface area contributed by atoms with Crippen LogP contribution in [0.1, 0.15) is 0 Å². The van der Waals surface area contributed by atoms with Gasteiger partial charge in [0.15, 0.2) is 11.0 Å². The number of benzene rings is 2. The number of para-hydroxylation sites is 1. The molecular formula is C17H12BrN3S. The van der Waals surface area contributed by atoms with Gasteiger partial charge in [-0.2, -0.15) is 0 Å². The molecule has 0 amide bonds. The molecule has 0 spiro atoms. The van der Waals surface area contributed by atoms with Gasteiger partial charge in [0.05, 0.1) is 5.75 Å². The molecule has 0 aliphatic rings. The van der Waals surface area contributed by atoms with Gasteiger partial charge >= 0.3 is 0 Å². The topological polar surface area (TPSA) is 30.7 Å². The van der Waals surface area contributed by atoms with Crippen molar-refractivity contribution in [2.45, 2.75) is 5.16 Å². The number of aromatic nitrogens is 3. The lowest BCUT2D eigenvalue weighted by molar-refractivity contribution is 0.888. The average Bonchev–Trinajstić information content (AvgIpc) is 2.98. The van der Waals surface area contributed by atoms with E-state index in [0.717, 1.165) is 26.7 Å². The molecule has 0 bridgehead atoms. The van der Waals surface area contributed by atoms with Gasteiger partial charge < -0.3 is 0 Å². The van der Waals surface area contributed by atoms with E-state index in [-0.39, 0.29) is 0 Å². The summed E-state index contributed by atoms with van der Waals surface area (Å²) in [4.78, 5) is 0. The van der Waals surface area contributed by atoms with E-state index in [9.17, 15) is 0 Å². The first kappa shape index (κ1) is 14.9. The molecule has 0 aliphatic heterocycles. The molecule has 1 heterocycles. The quantitative estimate of drug-likeness (QED) is 0.503. The molecule has 0 saturated carbocycles. The van der Waals surface area contributed by atoms with Crippen LogP contribution in [0, 0.1) is 12.3 Å². The number of thioether (sulfide) groups is 1. The third-order valence-corrected chi connectivity index (χ3v) is 4.40. The zero-order chi connectivity index (χ0) is 15.4. The van der Waals surface area contributed by atoms with Crippen LogP contribution in [-0.4, -0.2) is 20.5 Å². The van der Waals surface area contributed by atoms with E-state index < -0.39 is 0 Å². The van der Waals surface area contributed by atoms with Crippen LogP contribution < -0.4 is 0 Å². The van der Waals surface area contributed by atoms with Gasteiger partial charge in [0.2, 0.25) is 0 Å². The van der Waals surface area contributed by atoms with E-state index in [1.807, 2.05) is 59.2 Å². The summed E-state index contributed by atoms with van der Waals surface area (Å²) in [5, 5.41) is 9.44. The molecule has 3 nitrogen and oxygen atoms in total. The molecule has 3 aromatic rings. The molecule has 5 heteroatoms. The van der Waals surface area contributed by atoms with Gasteiger partial charge in [-0.05, 0) is 24.3 Å². The molecule has 0 fully saturated rings. The lowest BCUT2D eigenvalue weighted by Crippen LogP contribution is -1.99. The Bertz CT molecular complexity index is 804. The van der Waals surface area contributed by atoms with Crippen LogP contribution in [0.4, 0.5) is 0 Å². The van der Waals surface area contributed by atoms with E-state index >= 15 is 0 Å². The van der Waals surface area contributed by atoms with Gasteiger partial charge in [-0.1, -0.05) is 63.9 Å². The fourth-order valence-electron chi connectivity index (χ4n) is 2.07. The van der Waals surface area contributed by atoms with Gasteiger partial charge in [0, 0.05) is 15.7 Å². The van der Waals surface area contributed by atoms with Gasteiger partial charge in [0.1, 0.15) is 0 Å². The molecule has 0 N–H and O–H groups in total. The third kappa shape index (κ3) is 3.08. The van der Waals surface area contributed by atoms with E-state index in [4.69, 9.17) is 6.42 Å². The first-order chi connectivity index (χ1) is 10.8. The highest BCUT2D eigenvalue weighted by Crippen LogP contribution is 2.28. The van der Waals surface area contributed by atoms with Crippen molar-refractivity contribution in [3.05, 3.63) is 59.1 Å². The second kappa shape index (κ2) is 6.82. The Morgan fingerprint density at radius 2 is 1.77 bits per heavy atom. The molecule has 0 saturated heterocycles. The second-order valence-corrected chi connectivity index (χ2v) is 6.34. The maximum Gasteiger partial charge on any atom is 0.197 e. The van der Waals surface area contributed by atoms with Crippen LogP contribution in [-0.2, 0) is 0 Å². The number of terminal acetylenes is 1. The summed E-state index contributed by atoms with van der Waals surface area (Å²) in [5.74, 6) is 3.99. The predicted molar refractivity (Wildman–Crippen MR) is 94.1 cm³/mol. The molecule has 2 aromatic carbocycles. The number of rotatable bonds is 4. The Labute approximate surface area is 141 Å². The highest BCUT2D eigenvalue weighted by molar-refractivity contribution is 9.10. The standard InChI is InChI=1S/C17H12BrN3S/c1-2-12-22-17-20-19-16(13-8-10-14(18)11-9-13)21(17)15-6-4-3-5-7-15/h1,3-11H,12H2. The van der Waals surface area contributed by atoms with Gasteiger partial charge in [0.25, 0.3) is 0 Å². The monoisotopic (exact) mass is 369 g/mol. The van der Waals surface area contributed by atoms with Gasteiger partial charge in [-0.15, -0.1) is 16.6 Å². The van der Waals surface area contributed by atoms with Gasteiger partial charge in [-0.3, -0.25) is 4.57 Å². The van der Waals surface area contributed by atoms with Crippen LogP contribution in [0.5, 0.6) is 0 Å². The zero-order valence-electron chi connectivity index (χ0n) is 11.6. The fourth-order valence-corrected chi connectivity index (χ4v) is 2.96. The highest BCUT2D eigenvalue weighted by Gasteiger charge is 2.15. The SMILES string of the molecule is C#CCSc1nnc(-c2ccc(Br)cc2)n1-c1ccccc1. The molecular weight excluding hydrogens is 358 g/mol. The number of halogens is 1. The molecule has 22 heavy (non-hydrogen) atoms. The van der Waals surface area contributed by atoms with Crippen molar-refractivity contribution >= 4 is 27.7 Å². The zero-order valence-corrected chi connectivity index (χ0v) is 14.0. The molecule has 0 radical (unpaired) electrons. The van der Waals surface area contributed by atoms with Crippen molar-refractivity contribution in [3.63, 3.8) is 0 Å². The Hall–Kier alpha value is -2.03. The number of hydrogen-bond acceptors (Lipinski definition) is 3. The van der Waals surface area contributed by atoms with Crippen LogP contribution >= 0.6 is 27.7 Å². The van der Waals surface area contributed by atoms with Crippen molar-refractivity contribution in [2.24, 2.45) is 0 Å². The lowest BCUT2D eigenvalue weighted by Gasteiger charge is -2.09. The molecule has 108 valence electrons. The van der Waals surface area contributed by atoms with Crippen molar-refractivity contribution in [1.29, 1.82) is 0 Å². The molecule has 0 aliphatic carbocycles. The second-order valence-electron chi connectivity index (χ2n) is 4.48. The average molecular weight is 370 g/mol. The van der Waals surface area contributed by atoms with Crippen LogP contribution in [0.3, 0.4) is 0 Å². The minimum Gasteiger partial charge on any atom is -0.270 e. The Morgan fingerprint density at radius 1 is 1.05 bits per heavy atom.